The minimum atomic E-state index is -3.55. The second-order valence-electron chi connectivity index (χ2n) is 5.82. The number of hydrogen-bond donors (Lipinski definition) is 0. The first kappa shape index (κ1) is 16.4. The molecule has 0 aliphatic carbocycles. The normalized spacial score (nSPS) is 19.7. The van der Waals surface area contributed by atoms with E-state index in [0.29, 0.717) is 16.6 Å². The Morgan fingerprint density at radius 2 is 1.91 bits per heavy atom. The number of aromatic nitrogens is 1. The molecule has 1 aliphatic heterocycles. The molecule has 0 N–H and O–H groups in total. The van der Waals surface area contributed by atoms with Crippen LogP contribution in [0.4, 0.5) is 0 Å². The fourth-order valence-electron chi connectivity index (χ4n) is 3.00. The molecule has 3 rings (SSSR count). The van der Waals surface area contributed by atoms with Gasteiger partial charge in [0, 0.05) is 18.3 Å². The minimum absolute atomic E-state index is 0.253. The van der Waals surface area contributed by atoms with Crippen molar-refractivity contribution in [3.63, 3.8) is 0 Å². The maximum absolute atomic E-state index is 13.1. The first-order valence-electron chi connectivity index (χ1n) is 7.69. The van der Waals surface area contributed by atoms with Gasteiger partial charge < -0.3 is 0 Å². The molecule has 1 fully saturated rings. The molecule has 1 aromatic heterocycles. The lowest BCUT2D eigenvalue weighted by atomic mass is 9.99. The molecule has 1 unspecified atom stereocenters. The van der Waals surface area contributed by atoms with Crippen molar-refractivity contribution in [3.05, 3.63) is 58.9 Å². The van der Waals surface area contributed by atoms with Gasteiger partial charge in [-0.25, -0.2) is 13.4 Å². The summed E-state index contributed by atoms with van der Waals surface area (Å²) in [4.78, 5) is 4.43. The van der Waals surface area contributed by atoms with Crippen LogP contribution in [0.2, 0.25) is 5.15 Å². The van der Waals surface area contributed by atoms with Crippen molar-refractivity contribution in [3.8, 4) is 0 Å². The smallest absolute Gasteiger partial charge is 0.243 e. The summed E-state index contributed by atoms with van der Waals surface area (Å²) in [7, 11) is -3.55. The Hall–Kier alpha value is -1.43. The highest BCUT2D eigenvalue weighted by Gasteiger charge is 2.35. The second kappa shape index (κ2) is 6.59. The van der Waals surface area contributed by atoms with Crippen molar-refractivity contribution in [2.75, 3.05) is 6.54 Å². The van der Waals surface area contributed by atoms with Gasteiger partial charge in [0.15, 0.2) is 0 Å². The molecule has 6 heteroatoms. The fraction of sp³-hybridized carbons (Fsp3) is 0.353. The number of piperidine rings is 1. The van der Waals surface area contributed by atoms with E-state index in [2.05, 4.69) is 4.98 Å². The molecule has 122 valence electrons. The van der Waals surface area contributed by atoms with Gasteiger partial charge in [-0.1, -0.05) is 41.8 Å². The predicted octanol–water partition coefficient (Wildman–Crippen LogP) is 3.96. The van der Waals surface area contributed by atoms with Crippen LogP contribution in [-0.2, 0) is 10.0 Å². The molecule has 1 aromatic carbocycles. The Balaban J connectivity index is 2.01. The van der Waals surface area contributed by atoms with Crippen molar-refractivity contribution in [2.24, 2.45) is 0 Å². The van der Waals surface area contributed by atoms with E-state index in [4.69, 9.17) is 11.6 Å². The van der Waals surface area contributed by atoms with E-state index in [1.807, 2.05) is 25.1 Å². The molecular formula is C17H19ClN2O2S. The summed E-state index contributed by atoms with van der Waals surface area (Å²) < 4.78 is 27.7. The summed E-state index contributed by atoms with van der Waals surface area (Å²) in [5.74, 6) is 0. The van der Waals surface area contributed by atoms with Gasteiger partial charge >= 0.3 is 0 Å². The van der Waals surface area contributed by atoms with Crippen LogP contribution < -0.4 is 0 Å². The van der Waals surface area contributed by atoms with Crippen molar-refractivity contribution in [2.45, 2.75) is 37.1 Å². The summed E-state index contributed by atoms with van der Waals surface area (Å²) in [6.07, 6.45) is 4.22. The van der Waals surface area contributed by atoms with E-state index in [1.165, 1.54) is 0 Å². The zero-order valence-electron chi connectivity index (χ0n) is 12.9. The molecule has 23 heavy (non-hydrogen) atoms. The average molecular weight is 351 g/mol. The second-order valence-corrected chi connectivity index (χ2v) is 8.07. The average Bonchev–Trinajstić information content (AvgIpc) is 2.56. The van der Waals surface area contributed by atoms with Gasteiger partial charge in [-0.2, -0.15) is 4.31 Å². The lowest BCUT2D eigenvalue weighted by Gasteiger charge is -2.35. The van der Waals surface area contributed by atoms with Crippen LogP contribution >= 0.6 is 11.6 Å². The van der Waals surface area contributed by atoms with E-state index >= 15 is 0 Å². The highest BCUT2D eigenvalue weighted by Crippen LogP contribution is 2.37. The molecule has 0 spiro atoms. The van der Waals surface area contributed by atoms with Crippen molar-refractivity contribution in [1.82, 2.24) is 9.29 Å². The third-order valence-electron chi connectivity index (χ3n) is 4.23. The van der Waals surface area contributed by atoms with Gasteiger partial charge in [-0.15, -0.1) is 0 Å². The van der Waals surface area contributed by atoms with E-state index in [-0.39, 0.29) is 6.04 Å². The molecule has 0 bridgehead atoms. The number of rotatable bonds is 3. The maximum atomic E-state index is 13.1. The topological polar surface area (TPSA) is 50.3 Å². The van der Waals surface area contributed by atoms with Crippen molar-refractivity contribution in [1.29, 1.82) is 0 Å². The van der Waals surface area contributed by atoms with Gasteiger partial charge in [0.2, 0.25) is 10.0 Å². The van der Waals surface area contributed by atoms with Crippen LogP contribution in [0, 0.1) is 6.92 Å². The molecule has 2 aromatic rings. The third kappa shape index (κ3) is 3.27. The number of halogens is 1. The lowest BCUT2D eigenvalue weighted by Crippen LogP contribution is -2.38. The van der Waals surface area contributed by atoms with Crippen LogP contribution in [0.1, 0.15) is 36.4 Å². The fourth-order valence-corrected chi connectivity index (χ4v) is 4.92. The molecule has 1 atom stereocenters. The number of hydrogen-bond acceptors (Lipinski definition) is 3. The molecular weight excluding hydrogens is 332 g/mol. The van der Waals surface area contributed by atoms with E-state index in [9.17, 15) is 8.42 Å². The standard InChI is InChI=1S/C17H19ClN2O2S/c1-13-7-9-14(10-8-13)23(21,22)20-12-3-2-6-16(20)15-5-4-11-19-17(15)18/h4-5,7-11,16H,2-3,6,12H2,1H3. The van der Waals surface area contributed by atoms with Crippen molar-refractivity contribution >= 4 is 21.6 Å². The first-order valence-corrected chi connectivity index (χ1v) is 9.51. The molecule has 4 nitrogen and oxygen atoms in total. The Morgan fingerprint density at radius 1 is 1.17 bits per heavy atom. The largest absolute Gasteiger partial charge is 0.244 e. The number of aryl methyl sites for hydroxylation is 1. The van der Waals surface area contributed by atoms with Crippen LogP contribution in [0.5, 0.6) is 0 Å². The molecule has 0 saturated carbocycles. The van der Waals surface area contributed by atoms with Crippen LogP contribution in [0.15, 0.2) is 47.5 Å². The van der Waals surface area contributed by atoms with Gasteiger partial charge in [0.25, 0.3) is 0 Å². The van der Waals surface area contributed by atoms with Crippen molar-refractivity contribution < 1.29 is 8.42 Å². The minimum Gasteiger partial charge on any atom is -0.244 e. The maximum Gasteiger partial charge on any atom is 0.243 e. The van der Waals surface area contributed by atoms with Crippen LogP contribution in [-0.4, -0.2) is 24.3 Å². The van der Waals surface area contributed by atoms with Gasteiger partial charge in [-0.05, 0) is 38.0 Å². The van der Waals surface area contributed by atoms with Crippen LogP contribution in [0.25, 0.3) is 0 Å². The van der Waals surface area contributed by atoms with Gasteiger partial charge in [-0.3, -0.25) is 0 Å². The van der Waals surface area contributed by atoms with Crippen LogP contribution in [0.3, 0.4) is 0 Å². The Morgan fingerprint density at radius 3 is 2.61 bits per heavy atom. The summed E-state index contributed by atoms with van der Waals surface area (Å²) in [6.45, 7) is 2.45. The Bertz CT molecular complexity index is 790. The predicted molar refractivity (Wildman–Crippen MR) is 90.9 cm³/mol. The number of nitrogens with zero attached hydrogens (tertiary/aromatic N) is 2. The number of sulfonamides is 1. The van der Waals surface area contributed by atoms with E-state index in [1.54, 1.807) is 28.7 Å². The Kier molecular flexibility index (Phi) is 4.71. The van der Waals surface area contributed by atoms with E-state index in [0.717, 1.165) is 30.4 Å². The monoisotopic (exact) mass is 350 g/mol. The zero-order valence-corrected chi connectivity index (χ0v) is 14.5. The van der Waals surface area contributed by atoms with E-state index < -0.39 is 10.0 Å². The third-order valence-corrected chi connectivity index (χ3v) is 6.47. The molecule has 0 amide bonds. The quantitative estimate of drug-likeness (QED) is 0.787. The first-order chi connectivity index (χ1) is 11.0. The number of pyridine rings is 1. The summed E-state index contributed by atoms with van der Waals surface area (Å²) in [6, 6.07) is 10.4. The molecule has 0 radical (unpaired) electrons. The highest BCUT2D eigenvalue weighted by molar-refractivity contribution is 7.89. The SMILES string of the molecule is Cc1ccc(S(=O)(=O)N2CCCCC2c2cccnc2Cl)cc1. The summed E-state index contributed by atoms with van der Waals surface area (Å²) in [5.41, 5.74) is 1.82. The number of benzene rings is 1. The summed E-state index contributed by atoms with van der Waals surface area (Å²) >= 11 is 6.21. The zero-order chi connectivity index (χ0) is 16.4. The molecule has 1 saturated heterocycles. The van der Waals surface area contributed by atoms with Gasteiger partial charge in [0.05, 0.1) is 10.9 Å². The highest BCUT2D eigenvalue weighted by atomic mass is 35.5. The van der Waals surface area contributed by atoms with Gasteiger partial charge in [0.1, 0.15) is 5.15 Å². The Labute approximate surface area is 142 Å². The summed E-state index contributed by atoms with van der Waals surface area (Å²) in [5, 5.41) is 0.378. The molecule has 2 heterocycles. The lowest BCUT2D eigenvalue weighted by molar-refractivity contribution is 0.255. The molecule has 1 aliphatic rings.